The van der Waals surface area contributed by atoms with E-state index in [1.807, 2.05) is 24.3 Å². The van der Waals surface area contributed by atoms with Crippen molar-refractivity contribution in [3.05, 3.63) is 56.5 Å². The number of ketones is 1. The third-order valence-electron chi connectivity index (χ3n) is 2.55. The first kappa shape index (κ1) is 13.5. The molecule has 0 fully saturated rings. The lowest BCUT2D eigenvalue weighted by atomic mass is 10.1. The standard InChI is InChI=1S/C14H12BrNO3/c1-8-7-12(13(9(2)17)14(18)19-8)16-11-5-3-10(15)4-6-11/h3-7,16H,1-2H3. The Bertz CT molecular complexity index is 674. The number of nitrogens with one attached hydrogen (secondary N) is 1. The number of hydrogen-bond donors (Lipinski definition) is 1. The van der Waals surface area contributed by atoms with Gasteiger partial charge in [0.1, 0.15) is 11.3 Å². The van der Waals surface area contributed by atoms with Gasteiger partial charge in [0, 0.05) is 16.2 Å². The number of Topliss-reactive ketones (excluding diaryl/α,β-unsaturated/α-hetero) is 1. The summed E-state index contributed by atoms with van der Waals surface area (Å²) in [5, 5.41) is 3.06. The molecule has 0 amide bonds. The number of rotatable bonds is 3. The van der Waals surface area contributed by atoms with Crippen molar-refractivity contribution in [2.75, 3.05) is 5.32 Å². The fourth-order valence-corrected chi connectivity index (χ4v) is 2.00. The van der Waals surface area contributed by atoms with Crippen LogP contribution in [0.5, 0.6) is 0 Å². The minimum atomic E-state index is -0.618. The van der Waals surface area contributed by atoms with Crippen molar-refractivity contribution in [3.63, 3.8) is 0 Å². The molecule has 0 spiro atoms. The first-order chi connectivity index (χ1) is 8.97. The van der Waals surface area contributed by atoms with Gasteiger partial charge in [-0.25, -0.2) is 4.79 Å². The summed E-state index contributed by atoms with van der Waals surface area (Å²) in [5.41, 5.74) is 0.667. The minimum Gasteiger partial charge on any atom is -0.428 e. The average Bonchev–Trinajstić information content (AvgIpc) is 2.30. The summed E-state index contributed by atoms with van der Waals surface area (Å²) in [5.74, 6) is 0.128. The molecule has 1 aromatic heterocycles. The van der Waals surface area contributed by atoms with Gasteiger partial charge in [-0.1, -0.05) is 15.9 Å². The van der Waals surface area contributed by atoms with Crippen molar-refractivity contribution in [1.29, 1.82) is 0 Å². The highest BCUT2D eigenvalue weighted by Crippen LogP contribution is 2.22. The summed E-state index contributed by atoms with van der Waals surface area (Å²) in [6.45, 7) is 3.01. The minimum absolute atomic E-state index is 0.0357. The molecule has 4 nitrogen and oxygen atoms in total. The maximum absolute atomic E-state index is 11.7. The Morgan fingerprint density at radius 1 is 1.26 bits per heavy atom. The van der Waals surface area contributed by atoms with Crippen LogP contribution in [0.2, 0.25) is 0 Å². The van der Waals surface area contributed by atoms with E-state index in [0.717, 1.165) is 10.2 Å². The fraction of sp³-hybridized carbons (Fsp3) is 0.143. The maximum atomic E-state index is 11.7. The van der Waals surface area contributed by atoms with Gasteiger partial charge in [-0.15, -0.1) is 0 Å². The van der Waals surface area contributed by atoms with E-state index >= 15 is 0 Å². The van der Waals surface area contributed by atoms with E-state index in [1.54, 1.807) is 13.0 Å². The summed E-state index contributed by atoms with van der Waals surface area (Å²) >= 11 is 3.34. The van der Waals surface area contributed by atoms with Crippen LogP contribution < -0.4 is 10.9 Å². The van der Waals surface area contributed by atoms with E-state index in [1.165, 1.54) is 6.92 Å². The summed E-state index contributed by atoms with van der Waals surface area (Å²) in [4.78, 5) is 23.2. The van der Waals surface area contributed by atoms with Crippen LogP contribution in [0.25, 0.3) is 0 Å². The summed E-state index contributed by atoms with van der Waals surface area (Å²) in [6.07, 6.45) is 0. The van der Waals surface area contributed by atoms with Crippen LogP contribution in [0.1, 0.15) is 23.0 Å². The lowest BCUT2D eigenvalue weighted by Crippen LogP contribution is -2.15. The van der Waals surface area contributed by atoms with Crippen LogP contribution in [-0.4, -0.2) is 5.78 Å². The van der Waals surface area contributed by atoms with Crippen LogP contribution in [0.15, 0.2) is 44.0 Å². The van der Waals surface area contributed by atoms with Gasteiger partial charge in [0.05, 0.1) is 5.69 Å². The van der Waals surface area contributed by atoms with Gasteiger partial charge in [-0.3, -0.25) is 4.79 Å². The molecular weight excluding hydrogens is 310 g/mol. The van der Waals surface area contributed by atoms with Crippen molar-refractivity contribution in [2.45, 2.75) is 13.8 Å². The predicted molar refractivity (Wildman–Crippen MR) is 77.1 cm³/mol. The number of carbonyl (C=O) groups is 1. The molecule has 98 valence electrons. The van der Waals surface area contributed by atoms with Gasteiger partial charge in [0.25, 0.3) is 0 Å². The fourth-order valence-electron chi connectivity index (χ4n) is 1.73. The summed E-state index contributed by atoms with van der Waals surface area (Å²) < 4.78 is 5.90. The number of halogens is 1. The Labute approximate surface area is 118 Å². The molecule has 5 heteroatoms. The first-order valence-electron chi connectivity index (χ1n) is 5.65. The smallest absolute Gasteiger partial charge is 0.348 e. The average molecular weight is 322 g/mol. The van der Waals surface area contributed by atoms with Crippen molar-refractivity contribution < 1.29 is 9.21 Å². The second kappa shape index (κ2) is 5.40. The zero-order valence-electron chi connectivity index (χ0n) is 10.5. The number of anilines is 2. The van der Waals surface area contributed by atoms with E-state index in [9.17, 15) is 9.59 Å². The summed E-state index contributed by atoms with van der Waals surface area (Å²) in [6, 6.07) is 9.07. The van der Waals surface area contributed by atoms with Crippen LogP contribution in [0.3, 0.4) is 0 Å². The van der Waals surface area contributed by atoms with E-state index < -0.39 is 5.63 Å². The topological polar surface area (TPSA) is 59.3 Å². The second-order valence-corrected chi connectivity index (χ2v) is 5.04. The van der Waals surface area contributed by atoms with E-state index in [0.29, 0.717) is 11.4 Å². The molecular formula is C14H12BrNO3. The largest absolute Gasteiger partial charge is 0.428 e. The zero-order chi connectivity index (χ0) is 14.0. The van der Waals surface area contributed by atoms with Gasteiger partial charge in [0.2, 0.25) is 0 Å². The number of benzene rings is 1. The molecule has 1 aromatic carbocycles. The molecule has 1 N–H and O–H groups in total. The normalized spacial score (nSPS) is 10.3. The quantitative estimate of drug-likeness (QED) is 0.876. The van der Waals surface area contributed by atoms with Crippen molar-refractivity contribution in [3.8, 4) is 0 Å². The Morgan fingerprint density at radius 2 is 1.89 bits per heavy atom. The van der Waals surface area contributed by atoms with Crippen LogP contribution in [0, 0.1) is 6.92 Å². The molecule has 19 heavy (non-hydrogen) atoms. The highest BCUT2D eigenvalue weighted by molar-refractivity contribution is 9.10. The van der Waals surface area contributed by atoms with Crippen molar-refractivity contribution in [2.24, 2.45) is 0 Å². The SMILES string of the molecule is CC(=O)c1c(Nc2ccc(Br)cc2)cc(C)oc1=O. The Balaban J connectivity index is 2.47. The predicted octanol–water partition coefficient (Wildman–Crippen LogP) is 3.66. The maximum Gasteiger partial charge on any atom is 0.348 e. The van der Waals surface area contributed by atoms with Gasteiger partial charge >= 0.3 is 5.63 Å². The first-order valence-corrected chi connectivity index (χ1v) is 6.45. The van der Waals surface area contributed by atoms with Gasteiger partial charge in [-0.05, 0) is 38.1 Å². The lowest BCUT2D eigenvalue weighted by molar-refractivity contribution is 0.101. The molecule has 0 aliphatic rings. The molecule has 0 saturated carbocycles. The third kappa shape index (κ3) is 3.12. The molecule has 0 unspecified atom stereocenters. The molecule has 2 rings (SSSR count). The Hall–Kier alpha value is -1.88. The number of aryl methyl sites for hydroxylation is 1. The molecule has 0 atom stereocenters. The second-order valence-electron chi connectivity index (χ2n) is 4.12. The van der Waals surface area contributed by atoms with Crippen LogP contribution in [-0.2, 0) is 0 Å². The van der Waals surface area contributed by atoms with Gasteiger partial charge in [-0.2, -0.15) is 0 Å². The highest BCUT2D eigenvalue weighted by atomic mass is 79.9. The molecule has 1 heterocycles. The van der Waals surface area contributed by atoms with Gasteiger partial charge < -0.3 is 9.73 Å². The van der Waals surface area contributed by atoms with Crippen LogP contribution in [0.4, 0.5) is 11.4 Å². The molecule has 0 bridgehead atoms. The van der Waals surface area contributed by atoms with Crippen molar-refractivity contribution in [1.82, 2.24) is 0 Å². The zero-order valence-corrected chi connectivity index (χ0v) is 12.1. The molecule has 2 aromatic rings. The monoisotopic (exact) mass is 321 g/mol. The van der Waals surface area contributed by atoms with E-state index in [4.69, 9.17) is 4.42 Å². The van der Waals surface area contributed by atoms with E-state index in [-0.39, 0.29) is 11.3 Å². The third-order valence-corrected chi connectivity index (χ3v) is 3.08. The van der Waals surface area contributed by atoms with E-state index in [2.05, 4.69) is 21.2 Å². The Morgan fingerprint density at radius 3 is 2.47 bits per heavy atom. The molecule has 0 aliphatic carbocycles. The highest BCUT2D eigenvalue weighted by Gasteiger charge is 2.14. The summed E-state index contributed by atoms with van der Waals surface area (Å²) in [7, 11) is 0. The molecule has 0 saturated heterocycles. The number of hydrogen-bond acceptors (Lipinski definition) is 4. The van der Waals surface area contributed by atoms with Crippen LogP contribution >= 0.6 is 15.9 Å². The molecule has 0 aliphatic heterocycles. The molecule has 0 radical (unpaired) electrons. The lowest BCUT2D eigenvalue weighted by Gasteiger charge is -2.10. The Kier molecular flexibility index (Phi) is 3.85. The number of carbonyl (C=O) groups excluding carboxylic acids is 1. The van der Waals surface area contributed by atoms with Gasteiger partial charge in [0.15, 0.2) is 5.78 Å². The van der Waals surface area contributed by atoms with Crippen molar-refractivity contribution >= 4 is 33.1 Å².